The van der Waals surface area contributed by atoms with Crippen molar-refractivity contribution in [1.29, 1.82) is 0 Å². The lowest BCUT2D eigenvalue weighted by molar-refractivity contribution is -0.120. The third kappa shape index (κ3) is 1.42. The molecule has 0 aliphatic carbocycles. The number of hydrogen-bond acceptors (Lipinski definition) is 2. The molecule has 0 spiro atoms. The summed E-state index contributed by atoms with van der Waals surface area (Å²) in [5.74, 6) is -0.536. The van der Waals surface area contributed by atoms with Gasteiger partial charge in [0.25, 0.3) is 5.91 Å². The Morgan fingerprint density at radius 3 is 2.69 bits per heavy atom. The minimum absolute atomic E-state index is 0.0428. The van der Waals surface area contributed by atoms with Crippen LogP contribution in [-0.4, -0.2) is 34.7 Å². The summed E-state index contributed by atoms with van der Waals surface area (Å²) in [5, 5.41) is 5.63. The molecule has 2 heterocycles. The van der Waals surface area contributed by atoms with Gasteiger partial charge in [-0.3, -0.25) is 4.79 Å². The lowest BCUT2D eigenvalue weighted by Gasteiger charge is -2.33. The molecule has 2 fully saturated rings. The fraction of sp³-hybridized carbons (Fsp3) is 0.857. The van der Waals surface area contributed by atoms with Crippen molar-refractivity contribution in [3.8, 4) is 0 Å². The highest BCUT2D eigenvalue weighted by Gasteiger charge is 2.56. The van der Waals surface area contributed by atoms with Crippen LogP contribution in [0, 0.1) is 5.92 Å². The molecule has 6 heteroatoms. The van der Waals surface area contributed by atoms with Gasteiger partial charge in [0.15, 0.2) is 0 Å². The largest absolute Gasteiger partial charge is 0.349 e. The molecule has 74 valence electrons. The molecule has 1 amide bonds. The third-order valence-electron chi connectivity index (χ3n) is 2.56. The van der Waals surface area contributed by atoms with Gasteiger partial charge in [-0.25, -0.2) is 0 Å². The van der Waals surface area contributed by atoms with Crippen molar-refractivity contribution in [3.05, 3.63) is 0 Å². The summed E-state index contributed by atoms with van der Waals surface area (Å²) >= 11 is 17.9. The molecule has 13 heavy (non-hydrogen) atoms. The molecule has 2 N–H and O–H groups in total. The van der Waals surface area contributed by atoms with Crippen LogP contribution in [0.5, 0.6) is 0 Å². The van der Waals surface area contributed by atoms with Crippen LogP contribution in [0.3, 0.4) is 0 Å². The molecular formula is C7H9Cl3N2O. The predicted molar refractivity (Wildman–Crippen MR) is 52.4 cm³/mol. The lowest BCUT2D eigenvalue weighted by Crippen LogP contribution is -2.52. The number of amides is 1. The number of halogens is 3. The van der Waals surface area contributed by atoms with E-state index >= 15 is 0 Å². The first-order valence-corrected chi connectivity index (χ1v) is 5.26. The number of rotatable bonds is 0. The highest BCUT2D eigenvalue weighted by atomic mass is 35.5. The molecular weight excluding hydrogens is 234 g/mol. The fourth-order valence-electron chi connectivity index (χ4n) is 1.92. The van der Waals surface area contributed by atoms with Gasteiger partial charge in [-0.15, -0.1) is 11.6 Å². The van der Waals surface area contributed by atoms with Crippen molar-refractivity contribution in [3.63, 3.8) is 0 Å². The molecule has 0 radical (unpaired) electrons. The van der Waals surface area contributed by atoms with Crippen LogP contribution in [0.15, 0.2) is 0 Å². The maximum absolute atomic E-state index is 11.3. The summed E-state index contributed by atoms with van der Waals surface area (Å²) < 4.78 is -1.36. The quantitative estimate of drug-likeness (QED) is 0.608. The Morgan fingerprint density at radius 2 is 2.08 bits per heavy atom. The van der Waals surface area contributed by atoms with Crippen molar-refractivity contribution < 1.29 is 4.79 Å². The van der Waals surface area contributed by atoms with E-state index in [2.05, 4.69) is 10.6 Å². The Bertz CT molecular complexity index is 246. The zero-order valence-corrected chi connectivity index (χ0v) is 8.96. The average Bonchev–Trinajstić information content (AvgIpc) is 2.24. The molecule has 2 aliphatic heterocycles. The standard InChI is InChI=1S/C7H9Cl3N2O/c8-3-1-11-2-4-5(3)7(9,10)6(13)12-4/h3-5,11H,1-2H2,(H,12,13)/t3-,4+,5+/m0/s1. The summed E-state index contributed by atoms with van der Waals surface area (Å²) in [5.41, 5.74) is 0. The monoisotopic (exact) mass is 242 g/mol. The van der Waals surface area contributed by atoms with E-state index in [0.29, 0.717) is 13.1 Å². The van der Waals surface area contributed by atoms with Gasteiger partial charge in [0.1, 0.15) is 0 Å². The molecule has 0 aromatic rings. The van der Waals surface area contributed by atoms with Gasteiger partial charge in [-0.1, -0.05) is 23.2 Å². The molecule has 2 rings (SSSR count). The highest BCUT2D eigenvalue weighted by molar-refractivity contribution is 6.59. The number of carbonyl (C=O) groups excluding carboxylic acids is 1. The third-order valence-corrected chi connectivity index (χ3v) is 3.84. The Morgan fingerprint density at radius 1 is 1.38 bits per heavy atom. The molecule has 3 atom stereocenters. The van der Waals surface area contributed by atoms with Crippen molar-refractivity contribution >= 4 is 40.7 Å². The van der Waals surface area contributed by atoms with Gasteiger partial charge in [-0.2, -0.15) is 0 Å². The summed E-state index contributed by atoms with van der Waals surface area (Å²) in [4.78, 5) is 11.3. The maximum Gasteiger partial charge on any atom is 0.257 e. The second-order valence-corrected chi connectivity index (χ2v) is 5.35. The second-order valence-electron chi connectivity index (χ2n) is 3.40. The van der Waals surface area contributed by atoms with Gasteiger partial charge >= 0.3 is 0 Å². The Hall–Kier alpha value is 0.300. The summed E-state index contributed by atoms with van der Waals surface area (Å²) in [7, 11) is 0. The topological polar surface area (TPSA) is 41.1 Å². The van der Waals surface area contributed by atoms with E-state index in [1.807, 2.05) is 0 Å². The van der Waals surface area contributed by atoms with E-state index in [0.717, 1.165) is 0 Å². The normalized spacial score (nSPS) is 42.7. The first kappa shape index (κ1) is 9.84. The van der Waals surface area contributed by atoms with Crippen LogP contribution in [0.2, 0.25) is 0 Å². The van der Waals surface area contributed by atoms with Crippen LogP contribution < -0.4 is 10.6 Å². The van der Waals surface area contributed by atoms with Gasteiger partial charge in [-0.05, 0) is 0 Å². The highest BCUT2D eigenvalue weighted by Crippen LogP contribution is 2.42. The molecule has 3 nitrogen and oxygen atoms in total. The van der Waals surface area contributed by atoms with Crippen molar-refractivity contribution in [1.82, 2.24) is 10.6 Å². The van der Waals surface area contributed by atoms with Crippen LogP contribution in [0.4, 0.5) is 0 Å². The molecule has 2 saturated heterocycles. The lowest BCUT2D eigenvalue weighted by atomic mass is 9.92. The summed E-state index contributed by atoms with van der Waals surface area (Å²) in [6, 6.07) is -0.0428. The van der Waals surface area contributed by atoms with Crippen molar-refractivity contribution in [2.75, 3.05) is 13.1 Å². The first-order valence-electron chi connectivity index (χ1n) is 4.07. The number of piperidine rings is 1. The molecule has 0 unspecified atom stereocenters. The number of carbonyl (C=O) groups is 1. The first-order chi connectivity index (χ1) is 6.03. The molecule has 0 bridgehead atoms. The van der Waals surface area contributed by atoms with Gasteiger partial charge in [0.2, 0.25) is 4.33 Å². The van der Waals surface area contributed by atoms with Crippen LogP contribution in [0.25, 0.3) is 0 Å². The summed E-state index contributed by atoms with van der Waals surface area (Å²) in [6.45, 7) is 1.32. The number of hydrogen-bond donors (Lipinski definition) is 2. The molecule has 0 aromatic carbocycles. The molecule has 0 saturated carbocycles. The zero-order chi connectivity index (χ0) is 9.64. The average molecular weight is 244 g/mol. The smallest absolute Gasteiger partial charge is 0.257 e. The number of alkyl halides is 3. The fourth-order valence-corrected chi connectivity index (χ4v) is 3.24. The van der Waals surface area contributed by atoms with Gasteiger partial charge < -0.3 is 10.6 Å². The van der Waals surface area contributed by atoms with Crippen molar-refractivity contribution in [2.45, 2.75) is 15.8 Å². The SMILES string of the molecule is O=C1N[C@@H]2CNC[C@H](Cl)[C@H]2C1(Cl)Cl. The van der Waals surface area contributed by atoms with Crippen LogP contribution >= 0.6 is 34.8 Å². The number of nitrogens with one attached hydrogen (secondary N) is 2. The Balaban J connectivity index is 2.28. The van der Waals surface area contributed by atoms with E-state index in [9.17, 15) is 4.79 Å². The van der Waals surface area contributed by atoms with Crippen LogP contribution in [-0.2, 0) is 4.79 Å². The van der Waals surface area contributed by atoms with Gasteiger partial charge in [0.05, 0.1) is 5.38 Å². The van der Waals surface area contributed by atoms with E-state index in [1.54, 1.807) is 0 Å². The van der Waals surface area contributed by atoms with Gasteiger partial charge in [0, 0.05) is 25.0 Å². The van der Waals surface area contributed by atoms with Crippen LogP contribution in [0.1, 0.15) is 0 Å². The minimum atomic E-state index is -1.36. The predicted octanol–water partition coefficient (Wildman–Crippen LogP) is 0.485. The Kier molecular flexibility index (Phi) is 2.39. The second kappa shape index (κ2) is 3.16. The molecule has 0 aromatic heterocycles. The van der Waals surface area contributed by atoms with Crippen molar-refractivity contribution in [2.24, 2.45) is 5.92 Å². The van der Waals surface area contributed by atoms with E-state index in [1.165, 1.54) is 0 Å². The van der Waals surface area contributed by atoms with E-state index < -0.39 is 4.33 Å². The number of fused-ring (bicyclic) bond motifs is 1. The maximum atomic E-state index is 11.3. The Labute approximate surface area is 91.1 Å². The molecule has 2 aliphatic rings. The zero-order valence-electron chi connectivity index (χ0n) is 6.69. The van der Waals surface area contributed by atoms with E-state index in [-0.39, 0.29) is 23.2 Å². The summed E-state index contributed by atoms with van der Waals surface area (Å²) in [6.07, 6.45) is 0. The van der Waals surface area contributed by atoms with E-state index in [4.69, 9.17) is 34.8 Å². The minimum Gasteiger partial charge on any atom is -0.349 e.